The van der Waals surface area contributed by atoms with Gasteiger partial charge in [0.1, 0.15) is 0 Å². The Hall–Kier alpha value is -3.79. The Kier molecular flexibility index (Phi) is 6.48. The van der Waals surface area contributed by atoms with E-state index in [1.165, 1.54) is 5.56 Å². The number of hydrogen-bond acceptors (Lipinski definition) is 4. The molecule has 2 amide bonds. The van der Waals surface area contributed by atoms with E-state index < -0.39 is 0 Å². The molecule has 5 rings (SSSR count). The van der Waals surface area contributed by atoms with Crippen LogP contribution >= 0.6 is 11.6 Å². The van der Waals surface area contributed by atoms with Crippen LogP contribution in [0.4, 0.5) is 10.6 Å². The van der Waals surface area contributed by atoms with Crippen LogP contribution in [0.3, 0.4) is 0 Å². The van der Waals surface area contributed by atoms with Crippen LogP contribution in [0.15, 0.2) is 77.3 Å². The van der Waals surface area contributed by atoms with Gasteiger partial charge in [-0.15, -0.1) is 0 Å². The standard InChI is InChI=1S/C27H23ClN4O2/c28-23-8-4-6-21(18-23)12-11-20-5-3-7-22(17-20)19-31-13-15-32(16-14-31)27(33)29-26-24-9-1-2-10-25(24)34-30-26/h1-10,17-18H,13-16,19H2,(H,29,30,33). The normalized spacial score (nSPS) is 14.0. The van der Waals surface area contributed by atoms with E-state index in [9.17, 15) is 4.79 Å². The molecule has 3 aromatic carbocycles. The molecule has 0 radical (unpaired) electrons. The summed E-state index contributed by atoms with van der Waals surface area (Å²) in [5.41, 5.74) is 3.72. The van der Waals surface area contributed by atoms with E-state index in [0.717, 1.165) is 36.1 Å². The number of nitrogens with one attached hydrogen (secondary N) is 1. The molecule has 0 unspecified atom stereocenters. The fourth-order valence-electron chi connectivity index (χ4n) is 3.98. The summed E-state index contributed by atoms with van der Waals surface area (Å²) in [6.45, 7) is 3.71. The van der Waals surface area contributed by atoms with Gasteiger partial charge in [-0.2, -0.15) is 0 Å². The summed E-state index contributed by atoms with van der Waals surface area (Å²) in [6.07, 6.45) is 0. The molecule has 1 aromatic heterocycles. The second-order valence-electron chi connectivity index (χ2n) is 8.18. The van der Waals surface area contributed by atoms with Gasteiger partial charge in [0, 0.05) is 48.9 Å². The molecule has 7 heteroatoms. The fourth-order valence-corrected chi connectivity index (χ4v) is 4.17. The van der Waals surface area contributed by atoms with Gasteiger partial charge in [-0.25, -0.2) is 4.79 Å². The number of fused-ring (bicyclic) bond motifs is 1. The molecule has 170 valence electrons. The van der Waals surface area contributed by atoms with Crippen LogP contribution in [0.25, 0.3) is 11.0 Å². The quantitative estimate of drug-likeness (QED) is 0.416. The highest BCUT2D eigenvalue weighted by Crippen LogP contribution is 2.22. The molecule has 0 aliphatic carbocycles. The molecule has 1 fully saturated rings. The van der Waals surface area contributed by atoms with E-state index in [1.54, 1.807) is 0 Å². The minimum Gasteiger partial charge on any atom is -0.354 e. The van der Waals surface area contributed by atoms with Gasteiger partial charge in [-0.1, -0.05) is 58.9 Å². The monoisotopic (exact) mass is 470 g/mol. The lowest BCUT2D eigenvalue weighted by Crippen LogP contribution is -2.49. The summed E-state index contributed by atoms with van der Waals surface area (Å²) in [7, 11) is 0. The van der Waals surface area contributed by atoms with Gasteiger partial charge >= 0.3 is 6.03 Å². The lowest BCUT2D eigenvalue weighted by atomic mass is 10.1. The van der Waals surface area contributed by atoms with Crippen molar-refractivity contribution in [2.75, 3.05) is 31.5 Å². The number of benzene rings is 3. The maximum atomic E-state index is 12.7. The van der Waals surface area contributed by atoms with E-state index in [4.69, 9.17) is 16.1 Å². The third-order valence-corrected chi connectivity index (χ3v) is 6.01. The zero-order valence-corrected chi connectivity index (χ0v) is 19.3. The van der Waals surface area contributed by atoms with E-state index in [0.29, 0.717) is 29.5 Å². The van der Waals surface area contributed by atoms with Crippen LogP contribution in [0.2, 0.25) is 5.02 Å². The molecule has 1 N–H and O–H groups in total. The van der Waals surface area contributed by atoms with Crippen molar-refractivity contribution in [3.05, 3.63) is 94.5 Å². The topological polar surface area (TPSA) is 61.6 Å². The maximum absolute atomic E-state index is 12.7. The van der Waals surface area contributed by atoms with Crippen LogP contribution in [0.5, 0.6) is 0 Å². The minimum absolute atomic E-state index is 0.156. The Morgan fingerprint density at radius 1 is 0.941 bits per heavy atom. The van der Waals surface area contributed by atoms with Crippen LogP contribution in [0, 0.1) is 11.8 Å². The molecule has 34 heavy (non-hydrogen) atoms. The first kappa shape index (κ1) is 22.0. The molecule has 1 aliphatic rings. The Labute approximate surface area is 203 Å². The SMILES string of the molecule is O=C(Nc1noc2ccccc12)N1CCN(Cc2cccc(C#Cc3cccc(Cl)c3)c2)CC1. The second kappa shape index (κ2) is 10.0. The van der Waals surface area contributed by atoms with Crippen molar-refractivity contribution in [3.63, 3.8) is 0 Å². The van der Waals surface area contributed by atoms with Gasteiger partial charge in [-0.05, 0) is 48.0 Å². The first-order valence-electron chi connectivity index (χ1n) is 11.1. The summed E-state index contributed by atoms with van der Waals surface area (Å²) in [5.74, 6) is 6.85. The number of carbonyl (C=O) groups excluding carboxylic acids is 1. The Balaban J connectivity index is 1.16. The van der Waals surface area contributed by atoms with Gasteiger partial charge in [0.15, 0.2) is 11.4 Å². The van der Waals surface area contributed by atoms with Crippen molar-refractivity contribution in [2.45, 2.75) is 6.54 Å². The van der Waals surface area contributed by atoms with Crippen molar-refractivity contribution >= 4 is 34.4 Å². The van der Waals surface area contributed by atoms with Crippen LogP contribution in [0.1, 0.15) is 16.7 Å². The molecule has 0 atom stereocenters. The number of nitrogens with zero attached hydrogens (tertiary/aromatic N) is 3. The van der Waals surface area contributed by atoms with E-state index in [2.05, 4.69) is 39.3 Å². The zero-order chi connectivity index (χ0) is 23.3. The zero-order valence-electron chi connectivity index (χ0n) is 18.5. The first-order valence-corrected chi connectivity index (χ1v) is 11.5. The van der Waals surface area contributed by atoms with E-state index in [1.807, 2.05) is 65.6 Å². The summed E-state index contributed by atoms with van der Waals surface area (Å²) in [5, 5.41) is 8.35. The predicted molar refractivity (Wildman–Crippen MR) is 134 cm³/mol. The molecular formula is C27H23ClN4O2. The highest BCUT2D eigenvalue weighted by atomic mass is 35.5. The van der Waals surface area contributed by atoms with Gasteiger partial charge in [0.25, 0.3) is 0 Å². The molecule has 4 aromatic rings. The smallest absolute Gasteiger partial charge is 0.323 e. The minimum atomic E-state index is -0.156. The molecule has 6 nitrogen and oxygen atoms in total. The van der Waals surface area contributed by atoms with Crippen molar-refractivity contribution in [3.8, 4) is 11.8 Å². The summed E-state index contributed by atoms with van der Waals surface area (Å²) in [4.78, 5) is 16.9. The van der Waals surface area contributed by atoms with Crippen molar-refractivity contribution in [1.29, 1.82) is 0 Å². The molecular weight excluding hydrogens is 448 g/mol. The second-order valence-corrected chi connectivity index (χ2v) is 8.62. The van der Waals surface area contributed by atoms with E-state index >= 15 is 0 Å². The molecule has 0 bridgehead atoms. The van der Waals surface area contributed by atoms with Crippen molar-refractivity contribution in [2.24, 2.45) is 0 Å². The van der Waals surface area contributed by atoms with Crippen molar-refractivity contribution in [1.82, 2.24) is 15.0 Å². The third kappa shape index (κ3) is 5.23. The van der Waals surface area contributed by atoms with E-state index in [-0.39, 0.29) is 6.03 Å². The van der Waals surface area contributed by atoms with Gasteiger partial charge < -0.3 is 9.42 Å². The number of para-hydroxylation sites is 1. The number of urea groups is 1. The summed E-state index contributed by atoms with van der Waals surface area (Å²) < 4.78 is 5.27. The maximum Gasteiger partial charge on any atom is 0.323 e. The largest absolute Gasteiger partial charge is 0.354 e. The lowest BCUT2D eigenvalue weighted by molar-refractivity contribution is 0.143. The molecule has 1 saturated heterocycles. The molecule has 2 heterocycles. The van der Waals surface area contributed by atoms with Gasteiger partial charge in [0.2, 0.25) is 0 Å². The number of piperazine rings is 1. The Bertz CT molecular complexity index is 1380. The number of aromatic nitrogens is 1. The average molecular weight is 471 g/mol. The number of hydrogen-bond donors (Lipinski definition) is 1. The van der Waals surface area contributed by atoms with Crippen LogP contribution < -0.4 is 5.32 Å². The summed E-state index contributed by atoms with van der Waals surface area (Å²) in [6, 6.07) is 23.1. The number of halogens is 1. The molecule has 0 saturated carbocycles. The van der Waals surface area contributed by atoms with Crippen LogP contribution in [-0.2, 0) is 6.54 Å². The highest BCUT2D eigenvalue weighted by molar-refractivity contribution is 6.30. The number of amides is 2. The number of anilines is 1. The number of rotatable bonds is 3. The Morgan fingerprint density at radius 2 is 1.68 bits per heavy atom. The van der Waals surface area contributed by atoms with Crippen molar-refractivity contribution < 1.29 is 9.32 Å². The predicted octanol–water partition coefficient (Wildman–Crippen LogP) is 5.23. The summed E-state index contributed by atoms with van der Waals surface area (Å²) >= 11 is 6.04. The van der Waals surface area contributed by atoms with Gasteiger partial charge in [-0.3, -0.25) is 10.2 Å². The lowest BCUT2D eigenvalue weighted by Gasteiger charge is -2.34. The van der Waals surface area contributed by atoms with Crippen LogP contribution in [-0.4, -0.2) is 47.2 Å². The highest BCUT2D eigenvalue weighted by Gasteiger charge is 2.22. The number of carbonyl (C=O) groups is 1. The Morgan fingerprint density at radius 3 is 2.47 bits per heavy atom. The average Bonchev–Trinajstić information content (AvgIpc) is 3.26. The molecule has 0 spiro atoms. The van der Waals surface area contributed by atoms with Gasteiger partial charge in [0.05, 0.1) is 5.39 Å². The third-order valence-electron chi connectivity index (χ3n) is 5.77. The first-order chi connectivity index (χ1) is 16.6. The molecule has 1 aliphatic heterocycles. The fraction of sp³-hybridized carbons (Fsp3) is 0.185.